The lowest BCUT2D eigenvalue weighted by Gasteiger charge is -2.19. The number of hydrogen-bond acceptors (Lipinski definition) is 6. The van der Waals surface area contributed by atoms with Crippen LogP contribution in [0.25, 0.3) is 0 Å². The van der Waals surface area contributed by atoms with Crippen LogP contribution in [0.3, 0.4) is 0 Å². The van der Waals surface area contributed by atoms with E-state index in [0.717, 1.165) is 0 Å². The predicted molar refractivity (Wildman–Crippen MR) is 85.3 cm³/mol. The second kappa shape index (κ2) is 11.2. The molecule has 8 heteroatoms. The zero-order valence-corrected chi connectivity index (χ0v) is 14.4. The molecule has 0 amide bonds. The minimum Gasteiger partial charge on any atom is -0.465 e. The number of carbonyl (C=O) groups excluding carboxylic acids is 2. The summed E-state index contributed by atoms with van der Waals surface area (Å²) in [4.78, 5) is 23.6. The highest BCUT2D eigenvalue weighted by Gasteiger charge is 2.22. The Bertz CT molecular complexity index is 374. The Balaban J connectivity index is 4.43. The number of hydroxylamine groups is 1. The summed E-state index contributed by atoms with van der Waals surface area (Å²) in [6.07, 6.45) is 0.213. The minimum absolute atomic E-state index is 0.0508. The van der Waals surface area contributed by atoms with Crippen molar-refractivity contribution in [3.05, 3.63) is 0 Å². The molecule has 0 aromatic carbocycles. The summed E-state index contributed by atoms with van der Waals surface area (Å²) in [7, 11) is 0. The Morgan fingerprint density at radius 3 is 2.14 bits per heavy atom. The van der Waals surface area contributed by atoms with Gasteiger partial charge in [0.25, 0.3) is 0 Å². The van der Waals surface area contributed by atoms with E-state index in [2.05, 4.69) is 5.32 Å². The highest BCUT2D eigenvalue weighted by atomic mass is 32.1. The second-order valence-electron chi connectivity index (χ2n) is 5.78. The van der Waals surface area contributed by atoms with E-state index in [1.54, 1.807) is 5.48 Å². The number of carbonyl (C=O) groups is 2. The van der Waals surface area contributed by atoms with Crippen molar-refractivity contribution in [2.24, 2.45) is 11.8 Å². The fraction of sp³-hybridized carbons (Fsp3) is 0.786. The minimum atomic E-state index is -0.822. The second-order valence-corrected chi connectivity index (χ2v) is 6.19. The molecule has 7 nitrogen and oxygen atoms in total. The van der Waals surface area contributed by atoms with Crippen LogP contribution < -0.4 is 10.8 Å². The van der Waals surface area contributed by atoms with Crippen molar-refractivity contribution in [2.75, 3.05) is 13.2 Å². The summed E-state index contributed by atoms with van der Waals surface area (Å²) >= 11 is 4.76. The molecule has 3 N–H and O–H groups in total. The Kier molecular flexibility index (Phi) is 10.5. The zero-order chi connectivity index (χ0) is 17.1. The van der Waals surface area contributed by atoms with Crippen LogP contribution in [0, 0.1) is 11.8 Å². The summed E-state index contributed by atoms with van der Waals surface area (Å²) in [5.41, 5.74) is 1.74. The average molecular weight is 334 g/mol. The van der Waals surface area contributed by atoms with Gasteiger partial charge in [0.1, 0.15) is 6.04 Å². The van der Waals surface area contributed by atoms with Gasteiger partial charge in [-0.1, -0.05) is 27.7 Å². The van der Waals surface area contributed by atoms with Crippen molar-refractivity contribution in [1.82, 2.24) is 10.8 Å². The molecule has 0 heterocycles. The van der Waals surface area contributed by atoms with E-state index >= 15 is 0 Å². The molecule has 0 unspecified atom stereocenters. The summed E-state index contributed by atoms with van der Waals surface area (Å²) in [5, 5.41) is 11.2. The van der Waals surface area contributed by atoms with E-state index < -0.39 is 12.0 Å². The molecule has 128 valence electrons. The number of hydrogen-bond donors (Lipinski definition) is 3. The van der Waals surface area contributed by atoms with E-state index in [-0.39, 0.29) is 42.4 Å². The van der Waals surface area contributed by atoms with Gasteiger partial charge in [-0.3, -0.25) is 10.0 Å². The Morgan fingerprint density at radius 2 is 1.64 bits per heavy atom. The molecule has 0 aliphatic carbocycles. The molecular weight excluding hydrogens is 308 g/mol. The molecule has 0 spiro atoms. The zero-order valence-electron chi connectivity index (χ0n) is 13.5. The molecule has 0 aliphatic rings. The van der Waals surface area contributed by atoms with Crippen LogP contribution in [0.4, 0.5) is 0 Å². The summed E-state index contributed by atoms with van der Waals surface area (Å²) in [6, 6.07) is -0.822. The first-order chi connectivity index (χ1) is 10.3. The Hall–Kier alpha value is -1.41. The van der Waals surface area contributed by atoms with Crippen LogP contribution >= 0.6 is 12.2 Å². The van der Waals surface area contributed by atoms with Crippen LogP contribution in [0.15, 0.2) is 0 Å². The third-order valence-corrected chi connectivity index (χ3v) is 2.67. The molecule has 0 saturated heterocycles. The highest BCUT2D eigenvalue weighted by molar-refractivity contribution is 7.80. The molecule has 0 fully saturated rings. The van der Waals surface area contributed by atoms with E-state index in [9.17, 15) is 9.59 Å². The van der Waals surface area contributed by atoms with Crippen molar-refractivity contribution in [3.8, 4) is 0 Å². The molecule has 0 radical (unpaired) electrons. The summed E-state index contributed by atoms with van der Waals surface area (Å²) in [5.74, 6) is -0.466. The van der Waals surface area contributed by atoms with Crippen LogP contribution in [0.1, 0.15) is 40.5 Å². The fourth-order valence-electron chi connectivity index (χ4n) is 1.38. The van der Waals surface area contributed by atoms with Gasteiger partial charge < -0.3 is 14.8 Å². The lowest BCUT2D eigenvalue weighted by molar-refractivity contribution is -0.148. The molecule has 0 aliphatic heterocycles. The van der Waals surface area contributed by atoms with Crippen LogP contribution in [0.2, 0.25) is 0 Å². The standard InChI is InChI=1S/C14H26N2O5S/c1-9(2)7-20-12(17)6-5-11(15-14(22)16-19)13(18)21-8-10(3)4/h9-11,19H,5-8H2,1-4H3,(H2,15,16,22)/t11-/m0/s1. The van der Waals surface area contributed by atoms with Gasteiger partial charge in [0.05, 0.1) is 13.2 Å². The normalized spacial score (nSPS) is 12.0. The topological polar surface area (TPSA) is 96.9 Å². The number of esters is 2. The van der Waals surface area contributed by atoms with Crippen LogP contribution in [-0.4, -0.2) is 41.5 Å². The van der Waals surface area contributed by atoms with E-state index in [1.165, 1.54) is 0 Å². The molecular formula is C14H26N2O5S. The van der Waals surface area contributed by atoms with Gasteiger partial charge in [-0.15, -0.1) is 0 Å². The van der Waals surface area contributed by atoms with Crippen molar-refractivity contribution < 1.29 is 24.3 Å². The Morgan fingerprint density at radius 1 is 1.09 bits per heavy atom. The monoisotopic (exact) mass is 334 g/mol. The first-order valence-corrected chi connectivity index (χ1v) is 7.69. The maximum absolute atomic E-state index is 12.0. The quantitative estimate of drug-likeness (QED) is 0.331. The van der Waals surface area contributed by atoms with Crippen molar-refractivity contribution in [2.45, 2.75) is 46.6 Å². The maximum Gasteiger partial charge on any atom is 0.328 e. The highest BCUT2D eigenvalue weighted by Crippen LogP contribution is 2.05. The molecule has 0 rings (SSSR count). The Labute approximate surface area is 136 Å². The third kappa shape index (κ3) is 10.3. The number of nitrogens with one attached hydrogen (secondary N) is 2. The van der Waals surface area contributed by atoms with E-state index in [1.807, 2.05) is 27.7 Å². The molecule has 0 aromatic rings. The molecule has 0 aromatic heterocycles. The van der Waals surface area contributed by atoms with Gasteiger partial charge in [0.2, 0.25) is 0 Å². The van der Waals surface area contributed by atoms with E-state index in [0.29, 0.717) is 6.61 Å². The first-order valence-electron chi connectivity index (χ1n) is 7.29. The summed E-state index contributed by atoms with van der Waals surface area (Å²) < 4.78 is 10.2. The van der Waals surface area contributed by atoms with E-state index in [4.69, 9.17) is 26.9 Å². The van der Waals surface area contributed by atoms with Crippen LogP contribution in [-0.2, 0) is 19.1 Å². The largest absolute Gasteiger partial charge is 0.465 e. The fourth-order valence-corrected chi connectivity index (χ4v) is 1.53. The lowest BCUT2D eigenvalue weighted by Crippen LogP contribution is -2.46. The maximum atomic E-state index is 12.0. The molecule has 1 atom stereocenters. The van der Waals surface area contributed by atoms with Crippen molar-refractivity contribution in [1.29, 1.82) is 0 Å². The van der Waals surface area contributed by atoms with Crippen molar-refractivity contribution >= 4 is 29.3 Å². The van der Waals surface area contributed by atoms with Gasteiger partial charge in [-0.05, 0) is 30.5 Å². The average Bonchev–Trinajstić information content (AvgIpc) is 2.46. The molecule has 0 saturated carbocycles. The SMILES string of the molecule is CC(C)COC(=O)CC[C@H](NC(=S)NO)C(=O)OCC(C)C. The van der Waals surface area contributed by atoms with Gasteiger partial charge in [-0.2, -0.15) is 0 Å². The van der Waals surface area contributed by atoms with Crippen molar-refractivity contribution in [3.63, 3.8) is 0 Å². The lowest BCUT2D eigenvalue weighted by atomic mass is 10.1. The first kappa shape index (κ1) is 20.6. The molecule has 0 bridgehead atoms. The van der Waals surface area contributed by atoms with Gasteiger partial charge in [-0.25, -0.2) is 10.3 Å². The smallest absolute Gasteiger partial charge is 0.328 e. The number of thiocarbonyl (C=S) groups is 1. The number of ether oxygens (including phenoxy) is 2. The summed E-state index contributed by atoms with van der Waals surface area (Å²) in [6.45, 7) is 8.32. The third-order valence-electron chi connectivity index (χ3n) is 2.47. The number of rotatable bonds is 9. The van der Waals surface area contributed by atoms with Gasteiger partial charge in [0.15, 0.2) is 5.11 Å². The van der Waals surface area contributed by atoms with Gasteiger partial charge in [0, 0.05) is 6.42 Å². The predicted octanol–water partition coefficient (Wildman–Crippen LogP) is 1.39. The van der Waals surface area contributed by atoms with Crippen LogP contribution in [0.5, 0.6) is 0 Å². The molecule has 22 heavy (non-hydrogen) atoms. The van der Waals surface area contributed by atoms with Gasteiger partial charge >= 0.3 is 11.9 Å².